The Morgan fingerprint density at radius 3 is 2.14 bits per heavy atom. The predicted molar refractivity (Wildman–Crippen MR) is 196 cm³/mol. The van der Waals surface area contributed by atoms with E-state index in [1.165, 1.54) is 9.80 Å². The summed E-state index contributed by atoms with van der Waals surface area (Å²) in [5.41, 5.74) is 6.41. The van der Waals surface area contributed by atoms with Crippen LogP contribution in [0, 0.1) is 5.92 Å². The second-order valence-electron chi connectivity index (χ2n) is 13.2. The molecule has 0 radical (unpaired) electrons. The van der Waals surface area contributed by atoms with Crippen molar-refractivity contribution in [1.82, 2.24) is 9.80 Å². The van der Waals surface area contributed by atoms with Crippen LogP contribution in [-0.4, -0.2) is 64.4 Å². The maximum absolute atomic E-state index is 15.4. The van der Waals surface area contributed by atoms with E-state index in [1.807, 2.05) is 56.3 Å². The second kappa shape index (κ2) is 18.6. The minimum absolute atomic E-state index is 0.0431. The van der Waals surface area contributed by atoms with Gasteiger partial charge in [0.2, 0.25) is 5.91 Å². The zero-order valence-electron chi connectivity index (χ0n) is 28.8. The van der Waals surface area contributed by atoms with Crippen LogP contribution in [0.4, 0.5) is 5.69 Å². The first-order valence-electron chi connectivity index (χ1n) is 17.5. The third-order valence-corrected chi connectivity index (χ3v) is 9.73. The first-order chi connectivity index (χ1) is 23.7. The molecule has 3 atom stereocenters. The average molecular weight is 687 g/mol. The fourth-order valence-corrected chi connectivity index (χ4v) is 7.70. The van der Waals surface area contributed by atoms with Gasteiger partial charge >= 0.3 is 0 Å². The Labute approximate surface area is 292 Å². The first-order valence-corrected chi connectivity index (χ1v) is 18.8. The molecule has 3 aromatic rings. The fraction of sp³-hybridized carbons (Fsp3) is 0.436. The van der Waals surface area contributed by atoms with E-state index in [1.54, 1.807) is 53.4 Å². The number of imide groups is 1. The molecule has 1 saturated heterocycles. The zero-order valence-corrected chi connectivity index (χ0v) is 30.0. The van der Waals surface area contributed by atoms with Crippen LogP contribution >= 0.6 is 8.46 Å². The fourth-order valence-electron chi connectivity index (χ4n) is 7.00. The Hall–Kier alpha value is -4.07. The quantitative estimate of drug-likeness (QED) is 0.131. The van der Waals surface area contributed by atoms with Crippen molar-refractivity contribution in [3.05, 3.63) is 102 Å². The molecule has 4 rings (SSSR count). The van der Waals surface area contributed by atoms with Gasteiger partial charge in [-0.3, -0.25) is 19.2 Å². The number of anilines is 1. The van der Waals surface area contributed by atoms with Crippen molar-refractivity contribution in [2.75, 3.05) is 24.3 Å². The monoisotopic (exact) mass is 686 g/mol. The molecule has 1 aliphatic rings. The minimum atomic E-state index is -1.46. The summed E-state index contributed by atoms with van der Waals surface area (Å²) >= 11 is 0. The number of carbonyl (C=O) groups excluding carboxylic acids is 4. The molecule has 3 aromatic carbocycles. The molecule has 1 unspecified atom stereocenters. The number of hydrogen-bond donors (Lipinski definition) is 1. The number of likely N-dealkylation sites (tertiary alicyclic amines) is 1. The van der Waals surface area contributed by atoms with E-state index in [0.29, 0.717) is 62.9 Å². The summed E-state index contributed by atoms with van der Waals surface area (Å²) in [4.78, 5) is 62.4. The molecule has 0 aliphatic carbocycles. The van der Waals surface area contributed by atoms with Crippen molar-refractivity contribution in [2.45, 2.75) is 83.2 Å². The van der Waals surface area contributed by atoms with Gasteiger partial charge in [0.15, 0.2) is 0 Å². The molecule has 9 nitrogen and oxygen atoms in total. The van der Waals surface area contributed by atoms with Gasteiger partial charge in [0, 0.05) is 18.5 Å². The summed E-state index contributed by atoms with van der Waals surface area (Å²) in [6, 6.07) is 26.6. The van der Waals surface area contributed by atoms with Gasteiger partial charge < -0.3 is 20.1 Å². The highest BCUT2D eigenvalue weighted by Gasteiger charge is 2.51. The first kappa shape index (κ1) is 37.7. The molecular weight excluding hydrogens is 635 g/mol. The van der Waals surface area contributed by atoms with Gasteiger partial charge in [0.25, 0.3) is 17.7 Å². The molecule has 49 heavy (non-hydrogen) atoms. The Morgan fingerprint density at radius 1 is 0.898 bits per heavy atom. The maximum Gasteiger partial charge on any atom is 0.259 e. The SMILES string of the molecule is CC(C)C[C@@](CCCCN)(C(=O)N(C(=O)[C@@H]1CCCN1C(=O)c1ccccc1)c1ccccc1)N(C[PH2]=O)C(=O)CCCc1ccccc1. The maximum atomic E-state index is 15.4. The van der Waals surface area contributed by atoms with Crippen LogP contribution in [0.25, 0.3) is 0 Å². The normalized spacial score (nSPS) is 15.8. The lowest BCUT2D eigenvalue weighted by Gasteiger charge is -2.46. The van der Waals surface area contributed by atoms with E-state index < -0.39 is 31.9 Å². The molecule has 1 fully saturated rings. The number of benzene rings is 3. The van der Waals surface area contributed by atoms with Gasteiger partial charge in [-0.05, 0) is 93.7 Å². The lowest BCUT2D eigenvalue weighted by molar-refractivity contribution is -0.149. The van der Waals surface area contributed by atoms with Crippen molar-refractivity contribution in [2.24, 2.45) is 11.7 Å². The zero-order chi connectivity index (χ0) is 35.2. The summed E-state index contributed by atoms with van der Waals surface area (Å²) in [7, 11) is -1.42. The van der Waals surface area contributed by atoms with Crippen LogP contribution < -0.4 is 10.6 Å². The van der Waals surface area contributed by atoms with Gasteiger partial charge in [0.1, 0.15) is 11.6 Å². The third-order valence-electron chi connectivity index (χ3n) is 9.22. The molecule has 0 spiro atoms. The van der Waals surface area contributed by atoms with Crippen molar-refractivity contribution >= 4 is 37.8 Å². The molecule has 0 saturated carbocycles. The highest BCUT2D eigenvalue weighted by molar-refractivity contribution is 7.23. The van der Waals surface area contributed by atoms with Crippen molar-refractivity contribution in [3.8, 4) is 0 Å². The minimum Gasteiger partial charge on any atom is -0.330 e. The number of nitrogens with two attached hydrogens (primary N) is 1. The van der Waals surface area contributed by atoms with Crippen LogP contribution in [0.2, 0.25) is 0 Å². The topological polar surface area (TPSA) is 121 Å². The van der Waals surface area contributed by atoms with Crippen molar-refractivity contribution in [3.63, 3.8) is 0 Å². The second-order valence-corrected chi connectivity index (χ2v) is 13.9. The molecule has 1 aliphatic heterocycles. The number of para-hydroxylation sites is 1. The van der Waals surface area contributed by atoms with Gasteiger partial charge in [0.05, 0.1) is 20.4 Å². The van der Waals surface area contributed by atoms with E-state index >= 15 is 4.79 Å². The van der Waals surface area contributed by atoms with Crippen molar-refractivity contribution in [1.29, 1.82) is 0 Å². The molecule has 2 N–H and O–H groups in total. The van der Waals surface area contributed by atoms with E-state index in [-0.39, 0.29) is 43.3 Å². The largest absolute Gasteiger partial charge is 0.330 e. The van der Waals surface area contributed by atoms with E-state index in [2.05, 4.69) is 0 Å². The summed E-state index contributed by atoms with van der Waals surface area (Å²) in [6.45, 7) is 4.77. The van der Waals surface area contributed by atoms with E-state index in [4.69, 9.17) is 5.73 Å². The van der Waals surface area contributed by atoms with Gasteiger partial charge in [-0.2, -0.15) is 0 Å². The van der Waals surface area contributed by atoms with E-state index in [0.717, 1.165) is 5.56 Å². The van der Waals surface area contributed by atoms with Gasteiger partial charge in [-0.25, -0.2) is 4.90 Å². The lowest BCUT2D eigenvalue weighted by atomic mass is 9.80. The van der Waals surface area contributed by atoms with Crippen LogP contribution in [-0.2, 0) is 25.4 Å². The Bertz CT molecular complexity index is 1540. The Kier molecular flexibility index (Phi) is 14.3. The van der Waals surface area contributed by atoms with Crippen molar-refractivity contribution < 1.29 is 23.7 Å². The van der Waals surface area contributed by atoms with Crippen LogP contribution in [0.5, 0.6) is 0 Å². The summed E-state index contributed by atoms with van der Waals surface area (Å²) < 4.78 is 12.5. The van der Waals surface area contributed by atoms with E-state index in [9.17, 15) is 18.9 Å². The number of amides is 4. The number of carbonyl (C=O) groups is 4. The van der Waals surface area contributed by atoms with Crippen LogP contribution in [0.1, 0.15) is 81.1 Å². The molecule has 0 aromatic heterocycles. The predicted octanol–water partition coefficient (Wildman–Crippen LogP) is 6.33. The molecular formula is C39H51N4O5P. The molecule has 0 bridgehead atoms. The summed E-state index contributed by atoms with van der Waals surface area (Å²) in [5, 5.41) is 0. The molecule has 1 heterocycles. The summed E-state index contributed by atoms with van der Waals surface area (Å²) in [5.74, 6) is -1.60. The van der Waals surface area contributed by atoms with Crippen LogP contribution in [0.3, 0.4) is 0 Å². The Morgan fingerprint density at radius 2 is 1.53 bits per heavy atom. The summed E-state index contributed by atoms with van der Waals surface area (Å²) in [6.07, 6.45) is 4.05. The number of unbranched alkanes of at least 4 members (excludes halogenated alkanes) is 1. The van der Waals surface area contributed by atoms with Crippen LogP contribution in [0.15, 0.2) is 91.0 Å². The average Bonchev–Trinajstić information content (AvgIpc) is 3.61. The third kappa shape index (κ3) is 9.55. The molecule has 10 heteroatoms. The highest BCUT2D eigenvalue weighted by Crippen LogP contribution is 2.37. The lowest BCUT2D eigenvalue weighted by Crippen LogP contribution is -2.64. The molecule has 4 amide bonds. The Balaban J connectivity index is 1.77. The standard InChI is InChI=1S/C39H51N4O5P/c1-30(2)28-39(25-12-13-26-40,42(29-49-48)35(44)24-14-18-31-16-6-3-7-17-31)38(47)43(33-21-10-5-11-22-33)37(46)34-23-15-27-41(34)36(45)32-19-8-4-9-20-32/h3-11,16-17,19-22,30,34H,12-15,18,23-29,40,49H2,1-2H3/t34-,39-/m0/s1. The highest BCUT2D eigenvalue weighted by atomic mass is 31.1. The molecule has 262 valence electrons. The number of hydrogen-bond acceptors (Lipinski definition) is 6. The number of aryl methyl sites for hydroxylation is 1. The number of nitrogens with zero attached hydrogens (tertiary/aromatic N) is 3. The van der Waals surface area contributed by atoms with Gasteiger partial charge in [-0.1, -0.05) is 80.6 Å². The smallest absolute Gasteiger partial charge is 0.259 e. The number of rotatable bonds is 17. The van der Waals surface area contributed by atoms with Gasteiger partial charge in [-0.15, -0.1) is 0 Å².